The summed E-state index contributed by atoms with van der Waals surface area (Å²) in [5, 5.41) is 9.51. The normalized spacial score (nSPS) is 15.0. The highest BCUT2D eigenvalue weighted by atomic mass is 28.4. The molecule has 0 saturated heterocycles. The molecule has 2 nitrogen and oxygen atoms in total. The van der Waals surface area contributed by atoms with E-state index in [1.165, 1.54) is 0 Å². The molecular formula is C14H32O2Si. The van der Waals surface area contributed by atoms with Crippen LogP contribution in [0.3, 0.4) is 0 Å². The Labute approximate surface area is 109 Å². The zero-order valence-electron chi connectivity index (χ0n) is 12.7. The molecule has 3 heteroatoms. The molecule has 0 aliphatic carbocycles. The van der Waals surface area contributed by atoms with Gasteiger partial charge < -0.3 is 9.53 Å². The predicted octanol–water partition coefficient (Wildman–Crippen LogP) is 4.20. The average Bonchev–Trinajstić information content (AvgIpc) is 2.21. The van der Waals surface area contributed by atoms with Crippen molar-refractivity contribution in [1.82, 2.24) is 0 Å². The Kier molecular flexibility index (Phi) is 7.61. The van der Waals surface area contributed by atoms with E-state index in [1.54, 1.807) is 0 Å². The van der Waals surface area contributed by atoms with Crippen LogP contribution in [-0.2, 0) is 4.43 Å². The van der Waals surface area contributed by atoms with E-state index >= 15 is 0 Å². The first kappa shape index (κ1) is 17.1. The van der Waals surface area contributed by atoms with Crippen molar-refractivity contribution in [3.8, 4) is 0 Å². The summed E-state index contributed by atoms with van der Waals surface area (Å²) in [5.74, 6) is 0.475. The molecule has 0 aliphatic heterocycles. The topological polar surface area (TPSA) is 29.5 Å². The summed E-state index contributed by atoms with van der Waals surface area (Å²) in [7, 11) is -1.57. The molecular weight excluding hydrogens is 228 g/mol. The maximum atomic E-state index is 9.21. The molecule has 0 amide bonds. The maximum absolute atomic E-state index is 9.21. The van der Waals surface area contributed by atoms with Gasteiger partial charge in [0.2, 0.25) is 0 Å². The van der Waals surface area contributed by atoms with Crippen LogP contribution in [0.25, 0.3) is 0 Å². The van der Waals surface area contributed by atoms with Crippen LogP contribution in [0.2, 0.25) is 18.1 Å². The zero-order chi connectivity index (χ0) is 13.5. The second-order valence-electron chi connectivity index (χ2n) is 6.59. The second-order valence-corrected chi connectivity index (χ2v) is 11.4. The minimum atomic E-state index is -1.57. The van der Waals surface area contributed by atoms with E-state index in [9.17, 15) is 5.11 Å². The lowest BCUT2D eigenvalue weighted by molar-refractivity contribution is 0.194. The lowest BCUT2D eigenvalue weighted by Gasteiger charge is -2.36. The van der Waals surface area contributed by atoms with Gasteiger partial charge in [0, 0.05) is 13.2 Å². The second kappa shape index (κ2) is 7.55. The van der Waals surface area contributed by atoms with Gasteiger partial charge in [0.1, 0.15) is 0 Å². The van der Waals surface area contributed by atoms with E-state index < -0.39 is 8.32 Å². The third kappa shape index (κ3) is 6.58. The average molecular weight is 260 g/mol. The summed E-state index contributed by atoms with van der Waals surface area (Å²) in [6, 6.07) is 0. The molecule has 0 aromatic rings. The van der Waals surface area contributed by atoms with Crippen LogP contribution in [0.15, 0.2) is 0 Å². The highest BCUT2D eigenvalue weighted by Crippen LogP contribution is 2.36. The molecule has 0 heterocycles. The van der Waals surface area contributed by atoms with E-state index in [0.717, 1.165) is 32.3 Å². The largest absolute Gasteiger partial charge is 0.417 e. The van der Waals surface area contributed by atoms with Crippen molar-refractivity contribution in [2.24, 2.45) is 5.92 Å². The first-order valence-corrected chi connectivity index (χ1v) is 9.90. The molecule has 0 rings (SSSR count). The van der Waals surface area contributed by atoms with Crippen LogP contribution in [0, 0.1) is 5.92 Å². The van der Waals surface area contributed by atoms with Gasteiger partial charge in [-0.25, -0.2) is 0 Å². The first-order chi connectivity index (χ1) is 7.74. The van der Waals surface area contributed by atoms with Gasteiger partial charge in [0.15, 0.2) is 8.32 Å². The van der Waals surface area contributed by atoms with Crippen LogP contribution < -0.4 is 0 Å². The molecule has 0 spiro atoms. The molecule has 0 unspecified atom stereocenters. The van der Waals surface area contributed by atoms with Gasteiger partial charge >= 0.3 is 0 Å². The Morgan fingerprint density at radius 1 is 1.18 bits per heavy atom. The molecule has 1 atom stereocenters. The van der Waals surface area contributed by atoms with E-state index in [-0.39, 0.29) is 0 Å². The van der Waals surface area contributed by atoms with Crippen LogP contribution in [-0.4, -0.2) is 26.6 Å². The summed E-state index contributed by atoms with van der Waals surface area (Å²) in [6.07, 6.45) is 4.47. The standard InChI is InChI=1S/C14H32O2Si/c1-7-9-13(12-15)10-8-11-16-17(5,6)14(2,3)4/h13,15H,7-12H2,1-6H3/t13-/m0/s1. The fraction of sp³-hybridized carbons (Fsp3) is 1.00. The Morgan fingerprint density at radius 3 is 2.18 bits per heavy atom. The van der Waals surface area contributed by atoms with Crippen molar-refractivity contribution in [1.29, 1.82) is 0 Å². The third-order valence-corrected chi connectivity index (χ3v) is 8.52. The Hall–Kier alpha value is 0.137. The molecule has 17 heavy (non-hydrogen) atoms. The number of aliphatic hydroxyl groups excluding tert-OH is 1. The van der Waals surface area contributed by atoms with E-state index in [2.05, 4.69) is 40.8 Å². The summed E-state index contributed by atoms with van der Waals surface area (Å²) in [4.78, 5) is 0. The number of hydrogen-bond acceptors (Lipinski definition) is 2. The van der Waals surface area contributed by atoms with Crippen molar-refractivity contribution < 1.29 is 9.53 Å². The predicted molar refractivity (Wildman–Crippen MR) is 77.9 cm³/mol. The number of rotatable bonds is 8. The molecule has 0 aromatic carbocycles. The molecule has 0 saturated carbocycles. The van der Waals surface area contributed by atoms with Crippen molar-refractivity contribution in [2.75, 3.05) is 13.2 Å². The Morgan fingerprint density at radius 2 is 1.76 bits per heavy atom. The SMILES string of the molecule is CCC[C@H](CO)CCCO[Si](C)(C)C(C)(C)C. The summed E-state index contributed by atoms with van der Waals surface area (Å²) in [6.45, 7) is 14.8. The van der Waals surface area contributed by atoms with Crippen molar-refractivity contribution >= 4 is 8.32 Å². The smallest absolute Gasteiger partial charge is 0.191 e. The molecule has 0 aliphatic rings. The van der Waals surface area contributed by atoms with E-state index in [4.69, 9.17) is 4.43 Å². The van der Waals surface area contributed by atoms with E-state index in [0.29, 0.717) is 17.6 Å². The quantitative estimate of drug-likeness (QED) is 0.523. The minimum absolute atomic E-state index is 0.298. The van der Waals surface area contributed by atoms with Gasteiger partial charge in [-0.05, 0) is 43.3 Å². The minimum Gasteiger partial charge on any atom is -0.417 e. The summed E-state index contributed by atoms with van der Waals surface area (Å²) in [5.41, 5.74) is 0. The molecule has 0 fully saturated rings. The lowest BCUT2D eigenvalue weighted by Crippen LogP contribution is -2.41. The fourth-order valence-electron chi connectivity index (χ4n) is 1.65. The van der Waals surface area contributed by atoms with Gasteiger partial charge in [0.25, 0.3) is 0 Å². The Balaban J connectivity index is 3.84. The summed E-state index contributed by atoms with van der Waals surface area (Å²) >= 11 is 0. The number of aliphatic hydroxyl groups is 1. The van der Waals surface area contributed by atoms with Gasteiger partial charge in [-0.2, -0.15) is 0 Å². The highest BCUT2D eigenvalue weighted by Gasteiger charge is 2.36. The third-order valence-electron chi connectivity index (χ3n) is 3.98. The van der Waals surface area contributed by atoms with Crippen LogP contribution >= 0.6 is 0 Å². The fourth-order valence-corrected chi connectivity index (χ4v) is 2.74. The molecule has 0 aromatic heterocycles. The van der Waals surface area contributed by atoms with Crippen LogP contribution in [0.4, 0.5) is 0 Å². The van der Waals surface area contributed by atoms with E-state index in [1.807, 2.05) is 0 Å². The molecule has 0 bridgehead atoms. The van der Waals surface area contributed by atoms with Crippen molar-refractivity contribution in [2.45, 2.75) is 71.5 Å². The summed E-state index contributed by atoms with van der Waals surface area (Å²) < 4.78 is 6.12. The van der Waals surface area contributed by atoms with Crippen LogP contribution in [0.1, 0.15) is 53.4 Å². The monoisotopic (exact) mass is 260 g/mol. The van der Waals surface area contributed by atoms with Gasteiger partial charge in [0.05, 0.1) is 0 Å². The zero-order valence-corrected chi connectivity index (χ0v) is 13.7. The first-order valence-electron chi connectivity index (χ1n) is 6.99. The maximum Gasteiger partial charge on any atom is 0.191 e. The highest BCUT2D eigenvalue weighted by molar-refractivity contribution is 6.74. The molecule has 104 valence electrons. The van der Waals surface area contributed by atoms with Gasteiger partial charge in [-0.15, -0.1) is 0 Å². The van der Waals surface area contributed by atoms with Crippen molar-refractivity contribution in [3.63, 3.8) is 0 Å². The lowest BCUT2D eigenvalue weighted by atomic mass is 9.99. The molecule has 1 N–H and O–H groups in total. The number of hydrogen-bond donors (Lipinski definition) is 1. The Bertz CT molecular complexity index is 197. The molecule has 0 radical (unpaired) electrons. The van der Waals surface area contributed by atoms with Crippen LogP contribution in [0.5, 0.6) is 0 Å². The van der Waals surface area contributed by atoms with Gasteiger partial charge in [-0.1, -0.05) is 34.1 Å². The van der Waals surface area contributed by atoms with Crippen molar-refractivity contribution in [3.05, 3.63) is 0 Å². The van der Waals surface area contributed by atoms with Gasteiger partial charge in [-0.3, -0.25) is 0 Å².